The third kappa shape index (κ3) is 3.84. The van der Waals surface area contributed by atoms with E-state index in [4.69, 9.17) is 0 Å². The number of benzene rings is 7. The van der Waals surface area contributed by atoms with Crippen LogP contribution in [0.4, 0.5) is 0 Å². The molecule has 2 heterocycles. The summed E-state index contributed by atoms with van der Waals surface area (Å²) >= 11 is 0. The van der Waals surface area contributed by atoms with Gasteiger partial charge in [0.2, 0.25) is 0 Å². The van der Waals surface area contributed by atoms with Crippen LogP contribution in [0.15, 0.2) is 164 Å². The van der Waals surface area contributed by atoms with E-state index in [-0.39, 0.29) is 0 Å². The molecule has 3 heteroatoms. The van der Waals surface area contributed by atoms with Gasteiger partial charge in [-0.2, -0.15) is 5.26 Å². The lowest BCUT2D eigenvalue weighted by Gasteiger charge is -2.18. The van der Waals surface area contributed by atoms with Gasteiger partial charge in [-0.05, 0) is 65.2 Å². The fourth-order valence-electron chi connectivity index (χ4n) is 7.23. The summed E-state index contributed by atoms with van der Waals surface area (Å²) in [6, 6.07) is 60.0. The average molecular weight is 586 g/mol. The van der Waals surface area contributed by atoms with Crippen LogP contribution < -0.4 is 0 Å². The van der Waals surface area contributed by atoms with Crippen molar-refractivity contribution in [2.24, 2.45) is 0 Å². The Kier molecular flexibility index (Phi) is 5.88. The molecule has 0 amide bonds. The van der Waals surface area contributed by atoms with Crippen molar-refractivity contribution in [3.8, 4) is 39.7 Å². The minimum Gasteiger partial charge on any atom is -0.309 e. The van der Waals surface area contributed by atoms with E-state index in [0.717, 1.165) is 44.7 Å². The van der Waals surface area contributed by atoms with E-state index in [0.29, 0.717) is 5.56 Å². The fourth-order valence-corrected chi connectivity index (χ4v) is 7.23. The average Bonchev–Trinajstić information content (AvgIpc) is 3.64. The first-order valence-electron chi connectivity index (χ1n) is 15.5. The standard InChI is InChI=1S/C43H27N3/c44-28-30-12-11-23-42(46-40-21-9-5-16-35(40)36-17-6-10-22-41(36)46)43(30)37-18-2-1-13-32(37)29-24-26-31(27-25-29)45-38-19-7-3-14-33(38)34-15-4-8-20-39(34)45/h1-27H. The van der Waals surface area contributed by atoms with Crippen LogP contribution in [0.1, 0.15) is 5.56 Å². The molecule has 0 aliphatic carbocycles. The van der Waals surface area contributed by atoms with Crippen LogP contribution in [0.5, 0.6) is 0 Å². The highest BCUT2D eigenvalue weighted by Gasteiger charge is 2.20. The van der Waals surface area contributed by atoms with Crippen LogP contribution in [0.25, 0.3) is 77.2 Å². The Labute approximate surface area is 266 Å². The number of hydrogen-bond acceptors (Lipinski definition) is 1. The SMILES string of the molecule is N#Cc1cccc(-n2c3ccccc3c3ccccc32)c1-c1ccccc1-c1ccc(-n2c3ccccc3c3ccccc32)cc1. The highest BCUT2D eigenvalue weighted by Crippen LogP contribution is 2.41. The van der Waals surface area contributed by atoms with Crippen LogP contribution in [-0.2, 0) is 0 Å². The Morgan fingerprint density at radius 1 is 0.391 bits per heavy atom. The Morgan fingerprint density at radius 2 is 0.848 bits per heavy atom. The summed E-state index contributed by atoms with van der Waals surface area (Å²) < 4.78 is 4.65. The van der Waals surface area contributed by atoms with Gasteiger partial charge < -0.3 is 9.13 Å². The van der Waals surface area contributed by atoms with E-state index in [1.807, 2.05) is 12.1 Å². The lowest BCUT2D eigenvalue weighted by Crippen LogP contribution is -2.00. The molecule has 0 bridgehead atoms. The van der Waals surface area contributed by atoms with Gasteiger partial charge in [0.15, 0.2) is 0 Å². The zero-order valence-electron chi connectivity index (χ0n) is 24.9. The van der Waals surface area contributed by atoms with E-state index in [9.17, 15) is 5.26 Å². The lowest BCUT2D eigenvalue weighted by molar-refractivity contribution is 1.18. The summed E-state index contributed by atoms with van der Waals surface area (Å²) in [6.45, 7) is 0. The van der Waals surface area contributed by atoms with Gasteiger partial charge in [-0.1, -0.05) is 115 Å². The highest BCUT2D eigenvalue weighted by molar-refractivity contribution is 6.11. The molecule has 7 aromatic carbocycles. The van der Waals surface area contributed by atoms with Crippen molar-refractivity contribution in [1.29, 1.82) is 5.26 Å². The number of fused-ring (bicyclic) bond motifs is 6. The van der Waals surface area contributed by atoms with Crippen LogP contribution in [-0.4, -0.2) is 9.13 Å². The van der Waals surface area contributed by atoms with Crippen LogP contribution >= 0.6 is 0 Å². The van der Waals surface area contributed by atoms with Crippen molar-refractivity contribution >= 4 is 43.6 Å². The van der Waals surface area contributed by atoms with Gasteiger partial charge in [0.05, 0.1) is 39.4 Å². The predicted octanol–water partition coefficient (Wildman–Crippen LogP) is 11.1. The molecular formula is C43H27N3. The van der Waals surface area contributed by atoms with Crippen LogP contribution in [0.3, 0.4) is 0 Å². The second kappa shape index (κ2) is 10.4. The number of rotatable bonds is 4. The Morgan fingerprint density at radius 3 is 1.37 bits per heavy atom. The molecule has 0 N–H and O–H groups in total. The van der Waals surface area contributed by atoms with E-state index >= 15 is 0 Å². The highest BCUT2D eigenvalue weighted by atomic mass is 15.0. The number of nitrogens with zero attached hydrogens (tertiary/aromatic N) is 3. The molecule has 0 aliphatic rings. The van der Waals surface area contributed by atoms with E-state index in [2.05, 4.69) is 167 Å². The summed E-state index contributed by atoms with van der Waals surface area (Å²) in [4.78, 5) is 0. The topological polar surface area (TPSA) is 33.6 Å². The van der Waals surface area contributed by atoms with Crippen molar-refractivity contribution in [3.63, 3.8) is 0 Å². The Bertz CT molecular complexity index is 2540. The molecule has 3 nitrogen and oxygen atoms in total. The molecule has 0 saturated heterocycles. The molecule has 0 radical (unpaired) electrons. The van der Waals surface area contributed by atoms with Gasteiger partial charge in [0.1, 0.15) is 0 Å². The molecular weight excluding hydrogens is 558 g/mol. The molecule has 9 rings (SSSR count). The number of nitriles is 1. The van der Waals surface area contributed by atoms with Crippen molar-refractivity contribution in [2.75, 3.05) is 0 Å². The molecule has 0 saturated carbocycles. The third-order valence-electron chi connectivity index (χ3n) is 9.20. The molecule has 2 aromatic heterocycles. The summed E-state index contributed by atoms with van der Waals surface area (Å²) in [5, 5.41) is 15.3. The molecule has 0 atom stereocenters. The number of aromatic nitrogens is 2. The lowest BCUT2D eigenvalue weighted by atomic mass is 9.90. The van der Waals surface area contributed by atoms with Crippen molar-refractivity contribution in [3.05, 3.63) is 169 Å². The number of para-hydroxylation sites is 4. The van der Waals surface area contributed by atoms with Gasteiger partial charge in [0, 0.05) is 32.8 Å². The van der Waals surface area contributed by atoms with Crippen LogP contribution in [0, 0.1) is 11.3 Å². The zero-order chi connectivity index (χ0) is 30.6. The van der Waals surface area contributed by atoms with E-state index in [1.165, 1.54) is 32.6 Å². The summed E-state index contributed by atoms with van der Waals surface area (Å²) in [5.41, 5.74) is 11.5. The van der Waals surface area contributed by atoms with Gasteiger partial charge in [-0.15, -0.1) is 0 Å². The molecule has 0 fully saturated rings. The Balaban J connectivity index is 1.25. The van der Waals surface area contributed by atoms with Crippen molar-refractivity contribution in [2.45, 2.75) is 0 Å². The molecule has 46 heavy (non-hydrogen) atoms. The molecule has 9 aromatic rings. The molecule has 0 unspecified atom stereocenters. The zero-order valence-corrected chi connectivity index (χ0v) is 24.9. The predicted molar refractivity (Wildman–Crippen MR) is 191 cm³/mol. The first-order valence-corrected chi connectivity index (χ1v) is 15.5. The second-order valence-electron chi connectivity index (χ2n) is 11.6. The van der Waals surface area contributed by atoms with Crippen LogP contribution in [0.2, 0.25) is 0 Å². The summed E-state index contributed by atoms with van der Waals surface area (Å²) in [6.07, 6.45) is 0. The maximum Gasteiger partial charge on any atom is 0.0998 e. The van der Waals surface area contributed by atoms with E-state index in [1.54, 1.807) is 0 Å². The summed E-state index contributed by atoms with van der Waals surface area (Å²) in [5.74, 6) is 0. The minimum absolute atomic E-state index is 0.647. The second-order valence-corrected chi connectivity index (χ2v) is 11.6. The Hall–Kier alpha value is -6.37. The van der Waals surface area contributed by atoms with Gasteiger partial charge in [-0.25, -0.2) is 0 Å². The first kappa shape index (κ1) is 26.1. The maximum atomic E-state index is 10.4. The monoisotopic (exact) mass is 585 g/mol. The first-order chi connectivity index (χ1) is 22.8. The maximum absolute atomic E-state index is 10.4. The smallest absolute Gasteiger partial charge is 0.0998 e. The van der Waals surface area contributed by atoms with Gasteiger partial charge in [-0.3, -0.25) is 0 Å². The largest absolute Gasteiger partial charge is 0.309 e. The molecule has 0 aliphatic heterocycles. The van der Waals surface area contributed by atoms with Crippen molar-refractivity contribution < 1.29 is 0 Å². The quantitative estimate of drug-likeness (QED) is 0.202. The summed E-state index contributed by atoms with van der Waals surface area (Å²) in [7, 11) is 0. The van der Waals surface area contributed by atoms with Gasteiger partial charge in [0.25, 0.3) is 0 Å². The molecule has 0 spiro atoms. The van der Waals surface area contributed by atoms with Crippen molar-refractivity contribution in [1.82, 2.24) is 9.13 Å². The molecule has 214 valence electrons. The minimum atomic E-state index is 0.647. The van der Waals surface area contributed by atoms with E-state index < -0.39 is 0 Å². The number of hydrogen-bond donors (Lipinski definition) is 0. The third-order valence-corrected chi connectivity index (χ3v) is 9.20. The fraction of sp³-hybridized carbons (Fsp3) is 0. The van der Waals surface area contributed by atoms with Gasteiger partial charge >= 0.3 is 0 Å². The normalized spacial score (nSPS) is 11.5.